The quantitative estimate of drug-likeness (QED) is 0.615. The molecule has 0 aliphatic heterocycles. The summed E-state index contributed by atoms with van der Waals surface area (Å²) >= 11 is 0. The second-order valence-corrected chi connectivity index (χ2v) is 8.72. The first-order valence-electron chi connectivity index (χ1n) is 9.81. The number of nitrogens with zero attached hydrogens (tertiary/aromatic N) is 1. The molecule has 0 saturated heterocycles. The molecule has 4 bridgehead atoms. The first-order valence-corrected chi connectivity index (χ1v) is 9.81. The van der Waals surface area contributed by atoms with Crippen molar-refractivity contribution in [1.82, 2.24) is 10.7 Å². The van der Waals surface area contributed by atoms with E-state index in [1.165, 1.54) is 37.5 Å². The lowest BCUT2D eigenvalue weighted by atomic mass is 9.53. The molecule has 5 rings (SSSR count). The molecule has 0 radical (unpaired) electrons. The van der Waals surface area contributed by atoms with Gasteiger partial charge in [-0.15, -0.1) is 0 Å². The number of benzene rings is 1. The summed E-state index contributed by atoms with van der Waals surface area (Å²) in [5.41, 5.74) is 3.10. The summed E-state index contributed by atoms with van der Waals surface area (Å²) in [5.74, 6) is 1.33. The number of carbonyl (C=O) groups excluding carboxylic acids is 2. The van der Waals surface area contributed by atoms with Crippen molar-refractivity contribution in [2.75, 3.05) is 0 Å². The van der Waals surface area contributed by atoms with Crippen molar-refractivity contribution in [3.05, 3.63) is 35.6 Å². The highest BCUT2D eigenvalue weighted by Crippen LogP contribution is 2.55. The SMILES string of the molecule is C/C(CC(=O)NC12CC3CC(CC(C3)C1)C2)=N/NC(=O)c1cccc(F)c1. The molecule has 1 aromatic carbocycles. The zero-order valence-corrected chi connectivity index (χ0v) is 15.6. The average Bonchev–Trinajstić information content (AvgIpc) is 2.57. The summed E-state index contributed by atoms with van der Waals surface area (Å²) in [6, 6.07) is 5.42. The minimum atomic E-state index is -0.490. The van der Waals surface area contributed by atoms with Crippen LogP contribution < -0.4 is 10.7 Å². The van der Waals surface area contributed by atoms with E-state index >= 15 is 0 Å². The summed E-state index contributed by atoms with van der Waals surface area (Å²) in [5, 5.41) is 7.30. The van der Waals surface area contributed by atoms with Gasteiger partial charge in [0.25, 0.3) is 5.91 Å². The van der Waals surface area contributed by atoms with Gasteiger partial charge in [-0.2, -0.15) is 5.10 Å². The molecule has 4 saturated carbocycles. The minimum absolute atomic E-state index is 0.0169. The van der Waals surface area contributed by atoms with Crippen molar-refractivity contribution < 1.29 is 14.0 Å². The molecule has 4 aliphatic rings. The highest BCUT2D eigenvalue weighted by molar-refractivity contribution is 6.01. The zero-order chi connectivity index (χ0) is 19.0. The summed E-state index contributed by atoms with van der Waals surface area (Å²) < 4.78 is 13.2. The van der Waals surface area contributed by atoms with E-state index in [-0.39, 0.29) is 23.4 Å². The summed E-state index contributed by atoms with van der Waals surface area (Å²) in [6.07, 6.45) is 7.49. The molecule has 0 atom stereocenters. The molecule has 0 spiro atoms. The average molecular weight is 371 g/mol. The van der Waals surface area contributed by atoms with Crippen molar-refractivity contribution in [3.63, 3.8) is 0 Å². The first-order chi connectivity index (χ1) is 12.9. The number of hydrogen-bond donors (Lipinski definition) is 2. The number of amides is 2. The van der Waals surface area contributed by atoms with Gasteiger partial charge in [-0.3, -0.25) is 9.59 Å². The third kappa shape index (κ3) is 4.04. The summed E-state index contributed by atoms with van der Waals surface area (Å²) in [7, 11) is 0. The largest absolute Gasteiger partial charge is 0.350 e. The molecular formula is C21H26FN3O2. The van der Waals surface area contributed by atoms with Crippen LogP contribution in [-0.4, -0.2) is 23.1 Å². The van der Waals surface area contributed by atoms with Crippen molar-refractivity contribution >= 4 is 17.5 Å². The van der Waals surface area contributed by atoms with Crippen LogP contribution in [0.5, 0.6) is 0 Å². The molecule has 27 heavy (non-hydrogen) atoms. The predicted molar refractivity (Wildman–Crippen MR) is 101 cm³/mol. The number of halogens is 1. The van der Waals surface area contributed by atoms with Gasteiger partial charge in [0.1, 0.15) is 5.82 Å². The molecular weight excluding hydrogens is 345 g/mol. The van der Waals surface area contributed by atoms with Gasteiger partial charge in [0.05, 0.1) is 6.42 Å². The van der Waals surface area contributed by atoms with Crippen LogP contribution in [0.2, 0.25) is 0 Å². The van der Waals surface area contributed by atoms with E-state index in [9.17, 15) is 14.0 Å². The van der Waals surface area contributed by atoms with Crippen molar-refractivity contribution in [3.8, 4) is 0 Å². The van der Waals surface area contributed by atoms with Crippen LogP contribution in [0.25, 0.3) is 0 Å². The molecule has 144 valence electrons. The smallest absolute Gasteiger partial charge is 0.271 e. The normalized spacial score (nSPS) is 31.6. The van der Waals surface area contributed by atoms with Crippen LogP contribution in [0.4, 0.5) is 4.39 Å². The standard InChI is InChI=1S/C21H26FN3O2/c1-13(24-25-20(27)17-3-2-4-18(22)9-17)5-19(26)23-21-10-14-6-15(11-21)8-16(7-14)12-21/h2-4,9,14-16H,5-8,10-12H2,1H3,(H,23,26)(H,25,27)/b24-13-. The fourth-order valence-corrected chi connectivity index (χ4v) is 5.72. The van der Waals surface area contributed by atoms with Gasteiger partial charge in [-0.1, -0.05) is 6.07 Å². The van der Waals surface area contributed by atoms with Crippen LogP contribution in [0.15, 0.2) is 29.4 Å². The van der Waals surface area contributed by atoms with Crippen LogP contribution in [0.3, 0.4) is 0 Å². The molecule has 1 aromatic rings. The van der Waals surface area contributed by atoms with Gasteiger partial charge in [0, 0.05) is 16.8 Å². The second-order valence-electron chi connectivity index (χ2n) is 8.72. The van der Waals surface area contributed by atoms with Crippen LogP contribution in [-0.2, 0) is 4.79 Å². The van der Waals surface area contributed by atoms with Gasteiger partial charge >= 0.3 is 0 Å². The lowest BCUT2D eigenvalue weighted by Crippen LogP contribution is -2.60. The van der Waals surface area contributed by atoms with E-state index in [1.807, 2.05) is 0 Å². The summed E-state index contributed by atoms with van der Waals surface area (Å²) in [6.45, 7) is 1.71. The number of hydrogen-bond acceptors (Lipinski definition) is 3. The van der Waals surface area contributed by atoms with Gasteiger partial charge in [-0.25, -0.2) is 9.82 Å². The second kappa shape index (κ2) is 7.06. The van der Waals surface area contributed by atoms with Crippen molar-refractivity contribution in [2.24, 2.45) is 22.9 Å². The van der Waals surface area contributed by atoms with Crippen molar-refractivity contribution in [2.45, 2.75) is 57.4 Å². The molecule has 0 aromatic heterocycles. The number of rotatable bonds is 5. The van der Waals surface area contributed by atoms with Gasteiger partial charge in [-0.05, 0) is 81.4 Å². The van der Waals surface area contributed by atoms with E-state index in [2.05, 4.69) is 15.8 Å². The maximum absolute atomic E-state index is 13.2. The highest BCUT2D eigenvalue weighted by Gasteiger charge is 2.51. The Balaban J connectivity index is 1.31. The van der Waals surface area contributed by atoms with E-state index in [0.29, 0.717) is 5.71 Å². The van der Waals surface area contributed by atoms with E-state index in [0.717, 1.165) is 43.1 Å². The van der Waals surface area contributed by atoms with Crippen LogP contribution >= 0.6 is 0 Å². The lowest BCUT2D eigenvalue weighted by Gasteiger charge is -2.56. The monoisotopic (exact) mass is 371 g/mol. The maximum Gasteiger partial charge on any atom is 0.271 e. The van der Waals surface area contributed by atoms with Crippen molar-refractivity contribution in [1.29, 1.82) is 0 Å². The van der Waals surface area contributed by atoms with Crippen LogP contribution in [0.1, 0.15) is 62.2 Å². The topological polar surface area (TPSA) is 70.6 Å². The number of nitrogens with one attached hydrogen (secondary N) is 2. The van der Waals surface area contributed by atoms with E-state index in [1.54, 1.807) is 6.92 Å². The molecule has 4 aliphatic carbocycles. The van der Waals surface area contributed by atoms with E-state index in [4.69, 9.17) is 0 Å². The van der Waals surface area contributed by atoms with E-state index < -0.39 is 11.7 Å². The predicted octanol–water partition coefficient (Wildman–Crippen LogP) is 3.41. The fraction of sp³-hybridized carbons (Fsp3) is 0.571. The Labute approximate surface area is 158 Å². The Kier molecular flexibility index (Phi) is 4.74. The third-order valence-corrected chi connectivity index (χ3v) is 6.29. The fourth-order valence-electron chi connectivity index (χ4n) is 5.72. The Morgan fingerprint density at radius 3 is 2.37 bits per heavy atom. The maximum atomic E-state index is 13.2. The van der Waals surface area contributed by atoms with Gasteiger partial charge < -0.3 is 5.32 Å². The summed E-state index contributed by atoms with van der Waals surface area (Å²) in [4.78, 5) is 24.5. The number of carbonyl (C=O) groups is 2. The lowest BCUT2D eigenvalue weighted by molar-refractivity contribution is -0.125. The Morgan fingerprint density at radius 1 is 1.15 bits per heavy atom. The third-order valence-electron chi connectivity index (χ3n) is 6.29. The highest BCUT2D eigenvalue weighted by atomic mass is 19.1. The first kappa shape index (κ1) is 18.1. The Morgan fingerprint density at radius 2 is 1.78 bits per heavy atom. The molecule has 2 N–H and O–H groups in total. The molecule has 4 fully saturated rings. The molecule has 6 heteroatoms. The Bertz CT molecular complexity index is 754. The van der Waals surface area contributed by atoms with Gasteiger partial charge in [0.2, 0.25) is 5.91 Å². The molecule has 0 heterocycles. The van der Waals surface area contributed by atoms with Crippen LogP contribution in [0, 0.1) is 23.6 Å². The minimum Gasteiger partial charge on any atom is -0.350 e. The Hall–Kier alpha value is -2.24. The number of hydrazone groups is 1. The van der Waals surface area contributed by atoms with Gasteiger partial charge in [0.15, 0.2) is 0 Å². The zero-order valence-electron chi connectivity index (χ0n) is 15.6. The molecule has 2 amide bonds. The molecule has 0 unspecified atom stereocenters. The molecule has 5 nitrogen and oxygen atoms in total.